The highest BCUT2D eigenvalue weighted by molar-refractivity contribution is 7.17. The highest BCUT2D eigenvalue weighted by Gasteiger charge is 2.16. The number of dihydropyridines is 1. The van der Waals surface area contributed by atoms with Crippen molar-refractivity contribution in [3.8, 4) is 5.88 Å². The van der Waals surface area contributed by atoms with Crippen LogP contribution in [0.5, 0.6) is 5.88 Å². The molecule has 2 aromatic heterocycles. The van der Waals surface area contributed by atoms with Crippen LogP contribution in [0.1, 0.15) is 12.0 Å². The van der Waals surface area contributed by atoms with Crippen molar-refractivity contribution in [3.63, 3.8) is 0 Å². The number of ether oxygens (including phenoxy) is 1. The minimum atomic E-state index is -0.171. The molecule has 5 nitrogen and oxygen atoms in total. The predicted octanol–water partition coefficient (Wildman–Crippen LogP) is 1.84. The summed E-state index contributed by atoms with van der Waals surface area (Å²) in [5.41, 5.74) is 10.7. The van der Waals surface area contributed by atoms with Crippen LogP contribution < -0.4 is 10.5 Å². The van der Waals surface area contributed by atoms with Gasteiger partial charge in [0.15, 0.2) is 0 Å². The van der Waals surface area contributed by atoms with Gasteiger partial charge in [-0.2, -0.15) is 0 Å². The number of thiazole rings is 1. The van der Waals surface area contributed by atoms with Gasteiger partial charge in [0.05, 0.1) is 17.3 Å². The van der Waals surface area contributed by atoms with Crippen LogP contribution in [0.2, 0.25) is 0 Å². The summed E-state index contributed by atoms with van der Waals surface area (Å²) >= 11 is 1.58. The number of nitrogens with zero attached hydrogens (tertiary/aromatic N) is 3. The summed E-state index contributed by atoms with van der Waals surface area (Å²) in [6.07, 6.45) is 6.09. The van der Waals surface area contributed by atoms with Gasteiger partial charge in [-0.1, -0.05) is 0 Å². The fourth-order valence-corrected chi connectivity index (χ4v) is 2.83. The van der Waals surface area contributed by atoms with Crippen molar-refractivity contribution in [2.45, 2.75) is 12.6 Å². The summed E-state index contributed by atoms with van der Waals surface area (Å²) in [4.78, 5) is 12.7. The number of pyridine rings is 1. The van der Waals surface area contributed by atoms with Crippen molar-refractivity contribution in [3.05, 3.63) is 23.3 Å². The van der Waals surface area contributed by atoms with E-state index < -0.39 is 0 Å². The molecule has 1 aliphatic rings. The third kappa shape index (κ3) is 1.79. The van der Waals surface area contributed by atoms with Crippen molar-refractivity contribution in [1.29, 1.82) is 0 Å². The number of rotatable bonds is 2. The van der Waals surface area contributed by atoms with Gasteiger partial charge >= 0.3 is 0 Å². The second-order valence-electron chi connectivity index (χ2n) is 3.97. The van der Waals surface area contributed by atoms with Crippen molar-refractivity contribution in [1.82, 2.24) is 9.97 Å². The van der Waals surface area contributed by atoms with Gasteiger partial charge in [0, 0.05) is 24.4 Å². The van der Waals surface area contributed by atoms with Gasteiger partial charge in [0.2, 0.25) is 5.88 Å². The van der Waals surface area contributed by atoms with Crippen molar-refractivity contribution in [2.24, 2.45) is 10.7 Å². The average molecular weight is 260 g/mol. The molecule has 92 valence electrons. The van der Waals surface area contributed by atoms with Crippen LogP contribution in [0, 0.1) is 0 Å². The van der Waals surface area contributed by atoms with Crippen LogP contribution in [0.4, 0.5) is 0 Å². The van der Waals surface area contributed by atoms with Gasteiger partial charge in [-0.25, -0.2) is 9.97 Å². The molecule has 0 spiro atoms. The molecular weight excluding hydrogens is 248 g/mol. The van der Waals surface area contributed by atoms with Gasteiger partial charge in [0.1, 0.15) is 11.7 Å². The van der Waals surface area contributed by atoms with Crippen molar-refractivity contribution in [2.75, 3.05) is 7.11 Å². The summed E-state index contributed by atoms with van der Waals surface area (Å²) < 4.78 is 6.29. The Balaban J connectivity index is 2.16. The number of methoxy groups -OCH3 is 1. The number of fused-ring (bicyclic) bond motifs is 1. The number of allylic oxidation sites excluding steroid dienone is 1. The Hall–Kier alpha value is -1.79. The van der Waals surface area contributed by atoms with E-state index in [4.69, 9.17) is 10.5 Å². The quantitative estimate of drug-likeness (QED) is 0.894. The largest absolute Gasteiger partial charge is 0.479 e. The Kier molecular flexibility index (Phi) is 2.81. The first-order valence-corrected chi connectivity index (χ1v) is 6.42. The van der Waals surface area contributed by atoms with E-state index in [1.807, 2.05) is 12.3 Å². The van der Waals surface area contributed by atoms with E-state index in [0.717, 1.165) is 27.8 Å². The van der Waals surface area contributed by atoms with Crippen LogP contribution in [0.3, 0.4) is 0 Å². The Morgan fingerprint density at radius 1 is 1.44 bits per heavy atom. The van der Waals surface area contributed by atoms with Gasteiger partial charge < -0.3 is 10.5 Å². The molecule has 3 heterocycles. The molecule has 0 saturated carbocycles. The highest BCUT2D eigenvalue weighted by atomic mass is 32.1. The minimum Gasteiger partial charge on any atom is -0.479 e. The first-order valence-electron chi connectivity index (χ1n) is 5.54. The van der Waals surface area contributed by atoms with Crippen molar-refractivity contribution >= 4 is 33.3 Å². The van der Waals surface area contributed by atoms with Crippen LogP contribution in [-0.2, 0) is 0 Å². The summed E-state index contributed by atoms with van der Waals surface area (Å²) in [5, 5.41) is 0. The normalized spacial score (nSPS) is 19.0. The lowest BCUT2D eigenvalue weighted by molar-refractivity contribution is 0.402. The number of hydrogen-bond acceptors (Lipinski definition) is 6. The van der Waals surface area contributed by atoms with E-state index in [0.29, 0.717) is 5.88 Å². The SMILES string of the molecule is COc1ncc(C2=CC=NC(N)C2)c2scnc12. The van der Waals surface area contributed by atoms with E-state index in [1.54, 1.807) is 30.2 Å². The van der Waals surface area contributed by atoms with Crippen LogP contribution in [0.15, 0.2) is 22.8 Å². The van der Waals surface area contributed by atoms with Crippen LogP contribution in [-0.4, -0.2) is 29.5 Å². The number of aromatic nitrogens is 2. The van der Waals surface area contributed by atoms with E-state index in [-0.39, 0.29) is 6.17 Å². The molecule has 0 bridgehead atoms. The molecule has 0 fully saturated rings. The Morgan fingerprint density at radius 3 is 3.11 bits per heavy atom. The number of aliphatic imine (C=N–C) groups is 1. The lowest BCUT2D eigenvalue weighted by Gasteiger charge is -2.14. The topological polar surface area (TPSA) is 73.4 Å². The Labute approximate surface area is 108 Å². The second-order valence-corrected chi connectivity index (χ2v) is 4.83. The average Bonchev–Trinajstić information content (AvgIpc) is 2.86. The smallest absolute Gasteiger partial charge is 0.241 e. The molecule has 0 aromatic carbocycles. The molecular formula is C12H12N4OS. The first kappa shape index (κ1) is 11.3. The molecule has 6 heteroatoms. The summed E-state index contributed by atoms with van der Waals surface area (Å²) in [5.74, 6) is 0.560. The van der Waals surface area contributed by atoms with Crippen LogP contribution in [0.25, 0.3) is 15.8 Å². The molecule has 18 heavy (non-hydrogen) atoms. The Morgan fingerprint density at radius 2 is 2.33 bits per heavy atom. The van der Waals surface area contributed by atoms with Gasteiger partial charge in [0.25, 0.3) is 0 Å². The molecule has 0 radical (unpaired) electrons. The van der Waals surface area contributed by atoms with E-state index in [2.05, 4.69) is 15.0 Å². The summed E-state index contributed by atoms with van der Waals surface area (Å²) in [6, 6.07) is 0. The lowest BCUT2D eigenvalue weighted by atomic mass is 10.0. The molecule has 1 aliphatic heterocycles. The molecule has 2 N–H and O–H groups in total. The second kappa shape index (κ2) is 4.47. The van der Waals surface area contributed by atoms with Gasteiger partial charge in [-0.15, -0.1) is 11.3 Å². The van der Waals surface area contributed by atoms with Gasteiger partial charge in [-0.05, 0) is 11.6 Å². The first-order chi connectivity index (χ1) is 8.79. The summed E-state index contributed by atoms with van der Waals surface area (Å²) in [7, 11) is 1.60. The molecule has 1 atom stereocenters. The molecule has 0 aliphatic carbocycles. The standard InChI is InChI=1S/C12H12N4OS/c1-17-12-10-11(18-6-16-10)8(5-15-12)7-2-3-14-9(13)4-7/h2-3,5-6,9H,4,13H2,1H3. The third-order valence-electron chi connectivity index (χ3n) is 2.85. The third-order valence-corrected chi connectivity index (χ3v) is 3.71. The fourth-order valence-electron chi connectivity index (χ4n) is 2.00. The monoisotopic (exact) mass is 260 g/mol. The molecule has 1 unspecified atom stereocenters. The van der Waals surface area contributed by atoms with E-state index >= 15 is 0 Å². The maximum absolute atomic E-state index is 5.84. The zero-order chi connectivity index (χ0) is 12.5. The van der Waals surface area contributed by atoms with E-state index in [9.17, 15) is 0 Å². The van der Waals surface area contributed by atoms with Gasteiger partial charge in [-0.3, -0.25) is 4.99 Å². The Bertz CT molecular complexity index is 647. The lowest BCUT2D eigenvalue weighted by Crippen LogP contribution is -2.19. The minimum absolute atomic E-state index is 0.171. The number of hydrogen-bond donors (Lipinski definition) is 1. The maximum Gasteiger partial charge on any atom is 0.241 e. The number of nitrogens with two attached hydrogens (primary N) is 1. The molecule has 0 amide bonds. The maximum atomic E-state index is 5.84. The fraction of sp³-hybridized carbons (Fsp3) is 0.250. The van der Waals surface area contributed by atoms with Crippen LogP contribution >= 0.6 is 11.3 Å². The highest BCUT2D eigenvalue weighted by Crippen LogP contribution is 2.34. The molecule has 0 saturated heterocycles. The van der Waals surface area contributed by atoms with E-state index in [1.165, 1.54) is 0 Å². The zero-order valence-electron chi connectivity index (χ0n) is 9.83. The summed E-state index contributed by atoms with van der Waals surface area (Å²) in [6.45, 7) is 0. The molecule has 3 rings (SSSR count). The molecule has 2 aromatic rings. The zero-order valence-corrected chi connectivity index (χ0v) is 10.6. The van der Waals surface area contributed by atoms with Crippen molar-refractivity contribution < 1.29 is 4.74 Å². The predicted molar refractivity (Wildman–Crippen MR) is 73.0 cm³/mol.